The maximum absolute atomic E-state index is 13.3. The van der Waals surface area contributed by atoms with Crippen molar-refractivity contribution in [1.82, 2.24) is 0 Å². The van der Waals surface area contributed by atoms with Crippen LogP contribution in [0.25, 0.3) is 0 Å². The molecule has 0 spiro atoms. The smallest absolute Gasteiger partial charge is 0.406 e. The highest BCUT2D eigenvalue weighted by molar-refractivity contribution is 5.32. The van der Waals surface area contributed by atoms with E-state index in [0.717, 1.165) is 18.2 Å². The van der Waals surface area contributed by atoms with Crippen LogP contribution in [0.5, 0.6) is 5.75 Å². The fourth-order valence-electron chi connectivity index (χ4n) is 1.30. The summed E-state index contributed by atoms with van der Waals surface area (Å²) in [4.78, 5) is 0. The Morgan fingerprint density at radius 2 is 2.00 bits per heavy atom. The minimum Gasteiger partial charge on any atom is -0.406 e. The second-order valence-electron chi connectivity index (χ2n) is 3.35. The summed E-state index contributed by atoms with van der Waals surface area (Å²) in [5.41, 5.74) is 5.38. The predicted octanol–water partition coefficient (Wildman–Crippen LogP) is 2.11. The molecule has 0 aliphatic heterocycles. The number of hydrogen-bond donors (Lipinski definition) is 2. The summed E-state index contributed by atoms with van der Waals surface area (Å²) >= 11 is 0. The van der Waals surface area contributed by atoms with Crippen molar-refractivity contribution in [2.45, 2.75) is 18.8 Å². The summed E-state index contributed by atoms with van der Waals surface area (Å²) in [6.07, 6.45) is -4.79. The monoisotopic (exact) mass is 253 g/mol. The van der Waals surface area contributed by atoms with Gasteiger partial charge < -0.3 is 15.6 Å². The van der Waals surface area contributed by atoms with E-state index < -0.39 is 24.0 Å². The van der Waals surface area contributed by atoms with Crippen LogP contribution in [0.4, 0.5) is 17.6 Å². The number of rotatable bonds is 4. The van der Waals surface area contributed by atoms with Gasteiger partial charge in [0.25, 0.3) is 0 Å². The Hall–Kier alpha value is -1.34. The van der Waals surface area contributed by atoms with Crippen molar-refractivity contribution in [2.75, 3.05) is 6.61 Å². The molecule has 7 heteroatoms. The van der Waals surface area contributed by atoms with E-state index in [1.54, 1.807) is 0 Å². The first kappa shape index (κ1) is 13.7. The van der Waals surface area contributed by atoms with Crippen molar-refractivity contribution < 1.29 is 27.4 Å². The van der Waals surface area contributed by atoms with E-state index in [2.05, 4.69) is 4.74 Å². The largest absolute Gasteiger partial charge is 0.573 e. The van der Waals surface area contributed by atoms with E-state index in [1.807, 2.05) is 0 Å². The van der Waals surface area contributed by atoms with Crippen LogP contribution in [0.1, 0.15) is 18.0 Å². The number of benzene rings is 1. The summed E-state index contributed by atoms with van der Waals surface area (Å²) < 4.78 is 52.7. The Morgan fingerprint density at radius 1 is 1.35 bits per heavy atom. The Balaban J connectivity index is 2.94. The van der Waals surface area contributed by atoms with Gasteiger partial charge in [-0.05, 0) is 24.6 Å². The van der Waals surface area contributed by atoms with Crippen LogP contribution in [-0.2, 0) is 0 Å². The average Bonchev–Trinajstić information content (AvgIpc) is 2.19. The van der Waals surface area contributed by atoms with Crippen LogP contribution >= 0.6 is 0 Å². The number of hydrogen-bond acceptors (Lipinski definition) is 3. The molecule has 1 aromatic rings. The van der Waals surface area contributed by atoms with Crippen LogP contribution in [0.2, 0.25) is 0 Å². The molecule has 1 atom stereocenters. The Bertz CT molecular complexity index is 381. The van der Waals surface area contributed by atoms with Crippen molar-refractivity contribution in [3.8, 4) is 5.75 Å². The average molecular weight is 253 g/mol. The first-order chi connectivity index (χ1) is 7.83. The number of halogens is 4. The molecule has 0 saturated carbocycles. The van der Waals surface area contributed by atoms with Gasteiger partial charge in [-0.1, -0.05) is 0 Å². The quantitative estimate of drug-likeness (QED) is 0.808. The first-order valence-corrected chi connectivity index (χ1v) is 4.75. The maximum atomic E-state index is 13.3. The Morgan fingerprint density at radius 3 is 2.53 bits per heavy atom. The van der Waals surface area contributed by atoms with Gasteiger partial charge in [0, 0.05) is 18.2 Å². The van der Waals surface area contributed by atoms with Crippen molar-refractivity contribution in [3.63, 3.8) is 0 Å². The second-order valence-corrected chi connectivity index (χ2v) is 3.35. The van der Waals surface area contributed by atoms with Gasteiger partial charge in [0.15, 0.2) is 0 Å². The molecular formula is C10H11F4NO2. The highest BCUT2D eigenvalue weighted by atomic mass is 19.4. The van der Waals surface area contributed by atoms with Gasteiger partial charge in [0.1, 0.15) is 11.6 Å². The zero-order valence-electron chi connectivity index (χ0n) is 8.67. The molecule has 0 amide bonds. The predicted molar refractivity (Wildman–Crippen MR) is 51.7 cm³/mol. The fraction of sp³-hybridized carbons (Fsp3) is 0.400. The molecule has 1 rings (SSSR count). The zero-order chi connectivity index (χ0) is 13.1. The molecule has 0 aliphatic rings. The molecule has 0 unspecified atom stereocenters. The molecular weight excluding hydrogens is 242 g/mol. The van der Waals surface area contributed by atoms with Crippen LogP contribution in [0.15, 0.2) is 18.2 Å². The topological polar surface area (TPSA) is 55.5 Å². The van der Waals surface area contributed by atoms with Gasteiger partial charge in [-0.2, -0.15) is 0 Å². The highest BCUT2D eigenvalue weighted by Crippen LogP contribution is 2.27. The summed E-state index contributed by atoms with van der Waals surface area (Å²) in [7, 11) is 0. The van der Waals surface area contributed by atoms with E-state index >= 15 is 0 Å². The third-order valence-corrected chi connectivity index (χ3v) is 2.04. The number of alkyl halides is 3. The molecule has 3 nitrogen and oxygen atoms in total. The summed E-state index contributed by atoms with van der Waals surface area (Å²) in [5, 5.41) is 8.63. The lowest BCUT2D eigenvalue weighted by Gasteiger charge is -2.14. The van der Waals surface area contributed by atoms with Gasteiger partial charge in [0.2, 0.25) is 0 Å². The van der Waals surface area contributed by atoms with E-state index in [9.17, 15) is 17.6 Å². The molecule has 0 bridgehead atoms. The van der Waals surface area contributed by atoms with Gasteiger partial charge in [-0.25, -0.2) is 4.39 Å². The number of aliphatic hydroxyl groups is 1. The zero-order valence-corrected chi connectivity index (χ0v) is 8.67. The van der Waals surface area contributed by atoms with Crippen molar-refractivity contribution >= 4 is 0 Å². The minimum absolute atomic E-state index is 0.0480. The second kappa shape index (κ2) is 5.33. The summed E-state index contributed by atoms with van der Waals surface area (Å²) in [5.74, 6) is -1.28. The maximum Gasteiger partial charge on any atom is 0.573 e. The fourth-order valence-corrected chi connectivity index (χ4v) is 1.30. The summed E-state index contributed by atoms with van der Waals surface area (Å²) in [6.45, 7) is -0.287. The lowest BCUT2D eigenvalue weighted by atomic mass is 10.0. The van der Waals surface area contributed by atoms with Gasteiger partial charge in [0.05, 0.1) is 0 Å². The molecule has 0 aromatic heterocycles. The first-order valence-electron chi connectivity index (χ1n) is 4.75. The lowest BCUT2D eigenvalue weighted by molar-refractivity contribution is -0.274. The van der Waals surface area contributed by atoms with E-state index in [4.69, 9.17) is 10.8 Å². The van der Waals surface area contributed by atoms with Crippen molar-refractivity contribution in [3.05, 3.63) is 29.6 Å². The normalized spacial score (nSPS) is 13.5. The third kappa shape index (κ3) is 4.20. The molecule has 96 valence electrons. The lowest BCUT2D eigenvalue weighted by Crippen LogP contribution is -2.18. The number of aliphatic hydroxyl groups excluding tert-OH is 1. The molecule has 0 heterocycles. The molecule has 0 fully saturated rings. The van der Waals surface area contributed by atoms with E-state index in [-0.39, 0.29) is 18.6 Å². The Kier molecular flexibility index (Phi) is 4.30. The number of ether oxygens (including phenoxy) is 1. The molecule has 0 aliphatic carbocycles. The van der Waals surface area contributed by atoms with Crippen LogP contribution in [0, 0.1) is 5.82 Å². The standard InChI is InChI=1S/C10H11F4NO2/c11-8-2-1-6(17-10(12,13)14)5-7(8)9(15)3-4-16/h1-2,5,9,16H,3-4,15H2/t9-/m0/s1. The van der Waals surface area contributed by atoms with E-state index in [1.165, 1.54) is 0 Å². The molecule has 0 radical (unpaired) electrons. The van der Waals surface area contributed by atoms with E-state index in [0.29, 0.717) is 0 Å². The number of nitrogens with two attached hydrogens (primary N) is 1. The van der Waals surface area contributed by atoms with Crippen molar-refractivity contribution in [2.24, 2.45) is 5.73 Å². The SMILES string of the molecule is N[C@@H](CCO)c1cc(OC(F)(F)F)ccc1F. The molecule has 1 aromatic carbocycles. The van der Waals surface area contributed by atoms with Crippen LogP contribution < -0.4 is 10.5 Å². The molecule has 17 heavy (non-hydrogen) atoms. The van der Waals surface area contributed by atoms with Gasteiger partial charge >= 0.3 is 6.36 Å². The molecule has 0 saturated heterocycles. The minimum atomic E-state index is -4.84. The van der Waals surface area contributed by atoms with Gasteiger partial charge in [-0.15, -0.1) is 13.2 Å². The van der Waals surface area contributed by atoms with Crippen LogP contribution in [0.3, 0.4) is 0 Å². The van der Waals surface area contributed by atoms with Crippen LogP contribution in [-0.4, -0.2) is 18.1 Å². The molecule has 3 N–H and O–H groups in total. The summed E-state index contributed by atoms with van der Waals surface area (Å²) in [6, 6.07) is 1.70. The Labute approximate surface area is 94.8 Å². The third-order valence-electron chi connectivity index (χ3n) is 2.04. The van der Waals surface area contributed by atoms with Gasteiger partial charge in [-0.3, -0.25) is 0 Å². The van der Waals surface area contributed by atoms with Crippen molar-refractivity contribution in [1.29, 1.82) is 0 Å². The highest BCUT2D eigenvalue weighted by Gasteiger charge is 2.31.